The third-order valence-electron chi connectivity index (χ3n) is 3.76. The molecule has 0 aliphatic heterocycles. The van der Waals surface area contributed by atoms with Gasteiger partial charge in [-0.1, -0.05) is 46.5 Å². The van der Waals surface area contributed by atoms with Gasteiger partial charge in [0.25, 0.3) is 0 Å². The number of amides is 1. The Kier molecular flexibility index (Phi) is 25.1. The van der Waals surface area contributed by atoms with E-state index in [0.717, 1.165) is 5.56 Å². The van der Waals surface area contributed by atoms with Gasteiger partial charge in [0.1, 0.15) is 0 Å². The number of hydrogen-bond donors (Lipinski definition) is 0. The van der Waals surface area contributed by atoms with Crippen LogP contribution in [0, 0.1) is 14.9 Å². The Labute approximate surface area is 195 Å². The van der Waals surface area contributed by atoms with Crippen LogP contribution in [0.2, 0.25) is 19.6 Å². The van der Waals surface area contributed by atoms with Crippen molar-refractivity contribution in [2.45, 2.75) is 80.7 Å². The first-order chi connectivity index (χ1) is 11.7. The van der Waals surface area contributed by atoms with E-state index in [0.29, 0.717) is 0 Å². The van der Waals surface area contributed by atoms with Crippen molar-refractivity contribution < 1.29 is 21.9 Å². The van der Waals surface area contributed by atoms with Crippen molar-refractivity contribution in [3.63, 3.8) is 0 Å². The zero-order valence-corrected chi connectivity index (χ0v) is 22.1. The van der Waals surface area contributed by atoms with Crippen molar-refractivity contribution >= 4 is 19.2 Å². The van der Waals surface area contributed by atoms with E-state index in [1.165, 1.54) is 5.19 Å². The summed E-state index contributed by atoms with van der Waals surface area (Å²) in [6.45, 7) is 19.2. The summed E-state index contributed by atoms with van der Waals surface area (Å²) in [4.78, 5) is 14.7. The summed E-state index contributed by atoms with van der Waals surface area (Å²) in [5.41, 5.74) is 0.913. The van der Waals surface area contributed by atoms with Crippen LogP contribution < -0.4 is 5.19 Å². The van der Waals surface area contributed by atoms with Gasteiger partial charge in [0.05, 0.1) is 0 Å². The van der Waals surface area contributed by atoms with E-state index in [4.69, 9.17) is 0 Å². The summed E-state index contributed by atoms with van der Waals surface area (Å²) in [6, 6.07) is 16.6. The number of carbonyl (C=O) groups is 1. The summed E-state index contributed by atoms with van der Waals surface area (Å²) >= 11 is 0. The Morgan fingerprint density at radius 3 is 1.66 bits per heavy atom. The molecule has 0 bridgehead atoms. The summed E-state index contributed by atoms with van der Waals surface area (Å²) in [7, 11) is -1.45. The topological polar surface area (TPSA) is 20.3 Å². The summed E-state index contributed by atoms with van der Waals surface area (Å²) in [6.07, 6.45) is 0. The van der Waals surface area contributed by atoms with Crippen molar-refractivity contribution in [1.82, 2.24) is 4.90 Å². The average Bonchev–Trinajstić information content (AvgIpc) is 3.22. The molecule has 1 amide bonds. The molecule has 0 saturated carbocycles. The molecule has 0 aromatic heterocycles. The van der Waals surface area contributed by atoms with Crippen LogP contribution in [0.3, 0.4) is 0 Å². The minimum Gasteiger partial charge on any atom is -0.374 e. The molecule has 2 aromatic rings. The van der Waals surface area contributed by atoms with Crippen LogP contribution in [0.4, 0.5) is 0 Å². The fourth-order valence-corrected chi connectivity index (χ4v) is 4.38. The maximum absolute atomic E-state index is 12.7. The van der Waals surface area contributed by atoms with Crippen LogP contribution in [0.5, 0.6) is 0 Å². The van der Waals surface area contributed by atoms with E-state index in [-0.39, 0.29) is 57.3 Å². The summed E-state index contributed by atoms with van der Waals surface area (Å²) in [5, 5.41) is 1.28. The minimum atomic E-state index is -1.45. The monoisotopic (exact) mass is 461 g/mol. The molecule has 170 valence electrons. The zero-order chi connectivity index (χ0) is 19.6. The van der Waals surface area contributed by atoms with E-state index in [2.05, 4.69) is 53.4 Å². The van der Waals surface area contributed by atoms with E-state index in [1.807, 2.05) is 61.2 Å². The van der Waals surface area contributed by atoms with Crippen molar-refractivity contribution in [2.75, 3.05) is 0 Å². The van der Waals surface area contributed by atoms with Crippen molar-refractivity contribution in [3.05, 3.63) is 68.9 Å². The number of hydrogen-bond acceptors (Lipinski definition) is 1. The molecule has 2 rings (SSSR count). The van der Waals surface area contributed by atoms with Gasteiger partial charge in [-0.25, -0.2) is 12.1 Å². The Bertz CT molecular complexity index is 555. The van der Waals surface area contributed by atoms with E-state index < -0.39 is 8.07 Å². The Morgan fingerprint density at radius 2 is 1.38 bits per heavy atom. The van der Waals surface area contributed by atoms with Crippen LogP contribution in [-0.2, 0) is 17.1 Å². The van der Waals surface area contributed by atoms with Crippen molar-refractivity contribution in [2.24, 2.45) is 0 Å². The van der Waals surface area contributed by atoms with Gasteiger partial charge < -0.3 is 24.5 Å². The Morgan fingerprint density at radius 1 is 0.966 bits per heavy atom. The predicted octanol–water partition coefficient (Wildman–Crippen LogP) is 7.18. The quantitative estimate of drug-likeness (QED) is 0.349. The molecule has 0 aliphatic carbocycles. The average molecular weight is 462 g/mol. The molecular formula is C25H47FeNOSi. The van der Waals surface area contributed by atoms with E-state index >= 15 is 0 Å². The van der Waals surface area contributed by atoms with Crippen LogP contribution in [0.25, 0.3) is 0 Å². The molecule has 29 heavy (non-hydrogen) atoms. The fourth-order valence-electron chi connectivity index (χ4n) is 2.79. The van der Waals surface area contributed by atoms with Gasteiger partial charge in [0.2, 0.25) is 0 Å². The molecule has 0 unspecified atom stereocenters. The van der Waals surface area contributed by atoms with Crippen LogP contribution in [0.1, 0.15) is 59.3 Å². The SMILES string of the molecule is C.CC.CC(C)N(C(=O)c1ccc[c-]1[Si](C)(C)C)C(C)C.[CH3-].[CH3-].[Fe+4].c1cc[cH-]c1. The molecule has 0 radical (unpaired) electrons. The first-order valence-corrected chi connectivity index (χ1v) is 12.9. The minimum absolute atomic E-state index is 0. The smallest absolute Gasteiger partial charge is 0.374 e. The molecule has 0 atom stereocenters. The van der Waals surface area contributed by atoms with Gasteiger partial charge in [-0.3, -0.25) is 0 Å². The third kappa shape index (κ3) is 12.9. The fraction of sp³-hybridized carbons (Fsp3) is 0.480. The predicted molar refractivity (Wildman–Crippen MR) is 134 cm³/mol. The van der Waals surface area contributed by atoms with Gasteiger partial charge in [-0.2, -0.15) is 36.4 Å². The summed E-state index contributed by atoms with van der Waals surface area (Å²) < 4.78 is 0. The second kappa shape index (κ2) is 18.9. The molecule has 0 spiro atoms. The van der Waals surface area contributed by atoms with Crippen molar-refractivity contribution in [3.8, 4) is 0 Å². The van der Waals surface area contributed by atoms with Gasteiger partial charge in [-0.15, -0.1) is 5.19 Å². The number of carbonyl (C=O) groups excluding carboxylic acids is 1. The first-order valence-electron chi connectivity index (χ1n) is 9.41. The normalized spacial score (nSPS) is 9.21. The molecule has 0 fully saturated rings. The standard InChI is InChI=1S/C15H26NOSi.C5H5.C2H6.CH4.2CH3.Fe/c1-11(2)16(12(3)4)15(17)13-9-8-10-14(13)18(5,6)7;1-2-4-5-3-1;1-2;;;;/h8-12H,1-7H3;1-5H;1-2H3;1H4;2*1H3;/q2*-1;;;2*-1;+4. The summed E-state index contributed by atoms with van der Waals surface area (Å²) in [5.74, 6) is 0.183. The largest absolute Gasteiger partial charge is 4.00 e. The second-order valence-electron chi connectivity index (χ2n) is 7.47. The first kappa shape index (κ1) is 38.5. The molecule has 0 aliphatic rings. The molecule has 0 saturated heterocycles. The third-order valence-corrected chi connectivity index (χ3v) is 5.81. The van der Waals surface area contributed by atoms with Crippen LogP contribution >= 0.6 is 0 Å². The Hall–Kier alpha value is -1.09. The maximum atomic E-state index is 12.7. The Balaban J connectivity index is -0.000000151. The zero-order valence-electron chi connectivity index (χ0n) is 20.0. The number of rotatable bonds is 4. The molecular weight excluding hydrogens is 414 g/mol. The van der Waals surface area contributed by atoms with Gasteiger partial charge in [0.15, 0.2) is 5.91 Å². The maximum Gasteiger partial charge on any atom is 4.00 e. The van der Waals surface area contributed by atoms with E-state index in [9.17, 15) is 4.79 Å². The van der Waals surface area contributed by atoms with Crippen LogP contribution in [-0.4, -0.2) is 31.0 Å². The van der Waals surface area contributed by atoms with Crippen LogP contribution in [0.15, 0.2) is 48.5 Å². The molecule has 2 aromatic carbocycles. The van der Waals surface area contributed by atoms with Gasteiger partial charge in [-0.05, 0) is 27.7 Å². The van der Waals surface area contributed by atoms with Gasteiger partial charge >= 0.3 is 17.1 Å². The van der Waals surface area contributed by atoms with E-state index in [1.54, 1.807) is 0 Å². The molecule has 0 N–H and O–H groups in total. The second-order valence-corrected chi connectivity index (χ2v) is 12.5. The van der Waals surface area contributed by atoms with Crippen molar-refractivity contribution in [1.29, 1.82) is 0 Å². The molecule has 4 heteroatoms. The van der Waals surface area contributed by atoms with Gasteiger partial charge in [0, 0.05) is 20.2 Å². The molecule has 0 heterocycles. The number of nitrogens with zero attached hydrogens (tertiary/aromatic N) is 1. The molecule has 2 nitrogen and oxygen atoms in total.